The van der Waals surface area contributed by atoms with E-state index in [0.29, 0.717) is 50.2 Å². The lowest BCUT2D eigenvalue weighted by molar-refractivity contribution is 0.0631. The van der Waals surface area contributed by atoms with Crippen LogP contribution in [0.1, 0.15) is 61.1 Å². The molecule has 1 saturated heterocycles. The van der Waals surface area contributed by atoms with Crippen molar-refractivity contribution < 1.29 is 22.0 Å². The summed E-state index contributed by atoms with van der Waals surface area (Å²) in [4.78, 5) is 20.6. The molecule has 8 nitrogen and oxygen atoms in total. The molecule has 5 rings (SSSR count). The van der Waals surface area contributed by atoms with Gasteiger partial charge >= 0.3 is 0 Å². The van der Waals surface area contributed by atoms with Crippen molar-refractivity contribution in [3.8, 4) is 11.3 Å². The topological polar surface area (TPSA) is 96.3 Å². The average Bonchev–Trinajstić information content (AvgIpc) is 3.38. The van der Waals surface area contributed by atoms with Crippen LogP contribution in [-0.2, 0) is 16.4 Å². The third kappa shape index (κ3) is 6.85. The zero-order valence-corrected chi connectivity index (χ0v) is 24.0. The van der Waals surface area contributed by atoms with E-state index in [1.165, 1.54) is 12.1 Å². The van der Waals surface area contributed by atoms with Crippen LogP contribution in [0, 0.1) is 11.6 Å². The molecule has 1 aliphatic heterocycles. The maximum atomic E-state index is 14.2. The summed E-state index contributed by atoms with van der Waals surface area (Å²) in [6.07, 6.45) is 5.79. The van der Waals surface area contributed by atoms with Crippen LogP contribution in [0.2, 0.25) is 0 Å². The van der Waals surface area contributed by atoms with Gasteiger partial charge in [-0.3, -0.25) is 4.79 Å². The number of nitrogens with zero attached hydrogens (tertiary/aromatic N) is 3. The van der Waals surface area contributed by atoms with Crippen molar-refractivity contribution >= 4 is 15.9 Å². The molecule has 0 radical (unpaired) electrons. The number of benzene rings is 2. The molecule has 2 aliphatic rings. The van der Waals surface area contributed by atoms with Gasteiger partial charge in [-0.1, -0.05) is 50.1 Å². The van der Waals surface area contributed by atoms with Gasteiger partial charge in [-0.05, 0) is 43.4 Å². The van der Waals surface area contributed by atoms with Crippen LogP contribution < -0.4 is 10.0 Å². The predicted octanol–water partition coefficient (Wildman–Crippen LogP) is 4.30. The fraction of sp³-hybridized carbons (Fsp3) is 0.467. The molecule has 2 heterocycles. The molecule has 1 saturated carbocycles. The summed E-state index contributed by atoms with van der Waals surface area (Å²) in [7, 11) is -3.44. The Hall–Kier alpha value is -3.15. The smallest absolute Gasteiger partial charge is 0.275 e. The number of imidazole rings is 1. The fourth-order valence-electron chi connectivity index (χ4n) is 6.14. The maximum Gasteiger partial charge on any atom is 0.275 e. The number of halogens is 2. The van der Waals surface area contributed by atoms with Crippen molar-refractivity contribution in [2.24, 2.45) is 0 Å². The monoisotopic (exact) mass is 585 g/mol. The van der Waals surface area contributed by atoms with Gasteiger partial charge in [0.15, 0.2) is 5.69 Å². The Morgan fingerprint density at radius 2 is 1.83 bits per heavy atom. The van der Waals surface area contributed by atoms with Crippen molar-refractivity contribution in [3.05, 3.63) is 77.8 Å². The normalized spacial score (nSPS) is 21.6. The number of piperazine rings is 1. The second-order valence-electron chi connectivity index (χ2n) is 10.9. The fourth-order valence-corrected chi connectivity index (χ4v) is 7.53. The minimum Gasteiger partial charge on any atom is -0.331 e. The zero-order chi connectivity index (χ0) is 29.0. The molecule has 41 heavy (non-hydrogen) atoms. The lowest BCUT2D eigenvalue weighted by atomic mass is 9.90. The second-order valence-corrected chi connectivity index (χ2v) is 12.8. The highest BCUT2D eigenvalue weighted by molar-refractivity contribution is 7.89. The number of aromatic nitrogens is 2. The first-order valence-corrected chi connectivity index (χ1v) is 16.0. The molecule has 1 aliphatic carbocycles. The van der Waals surface area contributed by atoms with Crippen molar-refractivity contribution in [1.29, 1.82) is 0 Å². The Bertz CT molecular complexity index is 1440. The van der Waals surface area contributed by atoms with Crippen LogP contribution in [0.4, 0.5) is 8.78 Å². The Labute approximate surface area is 240 Å². The van der Waals surface area contributed by atoms with E-state index in [9.17, 15) is 22.0 Å². The molecule has 220 valence electrons. The third-order valence-electron chi connectivity index (χ3n) is 7.94. The molecule has 0 spiro atoms. The van der Waals surface area contributed by atoms with Gasteiger partial charge in [0.2, 0.25) is 10.0 Å². The zero-order valence-electron chi connectivity index (χ0n) is 23.2. The molecule has 3 aromatic rings. The highest BCUT2D eigenvalue weighted by Crippen LogP contribution is 2.35. The van der Waals surface area contributed by atoms with Gasteiger partial charge in [-0.25, -0.2) is 26.9 Å². The molecule has 2 fully saturated rings. The van der Waals surface area contributed by atoms with Gasteiger partial charge in [0, 0.05) is 43.3 Å². The second kappa shape index (κ2) is 12.8. The van der Waals surface area contributed by atoms with Crippen molar-refractivity contribution in [3.63, 3.8) is 0 Å². The van der Waals surface area contributed by atoms with Crippen LogP contribution in [0.3, 0.4) is 0 Å². The summed E-state index contributed by atoms with van der Waals surface area (Å²) in [5.41, 5.74) is 2.23. The van der Waals surface area contributed by atoms with E-state index >= 15 is 0 Å². The average molecular weight is 586 g/mol. The van der Waals surface area contributed by atoms with Gasteiger partial charge in [0.25, 0.3) is 5.91 Å². The summed E-state index contributed by atoms with van der Waals surface area (Å²) in [6.45, 7) is 3.33. The molecule has 0 unspecified atom stereocenters. The molecule has 11 heteroatoms. The molecule has 0 bridgehead atoms. The molecule has 1 aromatic heterocycles. The van der Waals surface area contributed by atoms with Gasteiger partial charge in [0.1, 0.15) is 11.6 Å². The standard InChI is InChI=1S/C30H37F2N5O3S/c1-2-14-41(39,40)35-26-10-6-7-11-27(26)37-20-34-28(29(37)22-8-4-3-5-9-22)30(38)36-13-12-33-19-25(36)17-21-15-23(31)18-24(32)16-21/h3-5,8-9,15-16,18,20,25-27,33,35H,2,6-7,10-14,17,19H2,1H3/t25-,26+,27+/m1/s1. The van der Waals surface area contributed by atoms with Crippen LogP contribution in [0.15, 0.2) is 54.9 Å². The predicted molar refractivity (Wildman–Crippen MR) is 154 cm³/mol. The van der Waals surface area contributed by atoms with Crippen molar-refractivity contribution in [2.75, 3.05) is 25.4 Å². The van der Waals surface area contributed by atoms with Gasteiger partial charge in [-0.15, -0.1) is 0 Å². The lowest BCUT2D eigenvalue weighted by Crippen LogP contribution is -2.54. The van der Waals surface area contributed by atoms with Crippen LogP contribution >= 0.6 is 0 Å². The summed E-state index contributed by atoms with van der Waals surface area (Å²) in [6, 6.07) is 12.1. The third-order valence-corrected chi connectivity index (χ3v) is 9.55. The lowest BCUT2D eigenvalue weighted by Gasteiger charge is -2.36. The molecular formula is C30H37F2N5O3S. The Morgan fingerprint density at radius 3 is 2.56 bits per heavy atom. The largest absolute Gasteiger partial charge is 0.331 e. The number of nitrogens with one attached hydrogen (secondary N) is 2. The van der Waals surface area contributed by atoms with Crippen LogP contribution in [0.5, 0.6) is 0 Å². The highest BCUT2D eigenvalue weighted by Gasteiger charge is 2.35. The van der Waals surface area contributed by atoms with E-state index in [1.807, 2.05) is 41.8 Å². The van der Waals surface area contributed by atoms with E-state index < -0.39 is 21.7 Å². The quantitative estimate of drug-likeness (QED) is 0.391. The highest BCUT2D eigenvalue weighted by atomic mass is 32.2. The van der Waals surface area contributed by atoms with Gasteiger partial charge in [0.05, 0.1) is 23.8 Å². The van der Waals surface area contributed by atoms with E-state index in [4.69, 9.17) is 0 Å². The van der Waals surface area contributed by atoms with E-state index in [1.54, 1.807) is 11.2 Å². The summed E-state index contributed by atoms with van der Waals surface area (Å²) >= 11 is 0. The molecule has 1 amide bonds. The Morgan fingerprint density at radius 1 is 1.10 bits per heavy atom. The van der Waals surface area contributed by atoms with Crippen LogP contribution in [-0.4, -0.2) is 66.2 Å². The van der Waals surface area contributed by atoms with Crippen molar-refractivity contribution in [1.82, 2.24) is 24.5 Å². The van der Waals surface area contributed by atoms with Crippen molar-refractivity contribution in [2.45, 2.75) is 63.6 Å². The molecular weight excluding hydrogens is 548 g/mol. The van der Waals surface area contributed by atoms with E-state index in [0.717, 1.165) is 30.9 Å². The number of hydrogen-bond donors (Lipinski definition) is 2. The number of amides is 1. The Kier molecular flexibility index (Phi) is 9.16. The van der Waals surface area contributed by atoms with Gasteiger partial charge < -0.3 is 14.8 Å². The minimum atomic E-state index is -3.44. The first kappa shape index (κ1) is 29.3. The number of hydrogen-bond acceptors (Lipinski definition) is 5. The first-order chi connectivity index (χ1) is 19.8. The van der Waals surface area contributed by atoms with Gasteiger partial charge in [-0.2, -0.15) is 0 Å². The summed E-state index contributed by atoms with van der Waals surface area (Å²) in [5, 5.41) is 3.29. The summed E-state index contributed by atoms with van der Waals surface area (Å²) < 4.78 is 58.2. The SMILES string of the molecule is CCCS(=O)(=O)N[C@H]1CCCC[C@@H]1n1cnc(C(=O)N2CCNC[C@H]2Cc2cc(F)cc(F)c2)c1-c1ccccc1. The minimum absolute atomic E-state index is 0.0645. The van der Waals surface area contributed by atoms with E-state index in [2.05, 4.69) is 15.0 Å². The molecule has 3 atom stereocenters. The first-order valence-electron chi connectivity index (χ1n) is 14.3. The maximum absolute atomic E-state index is 14.2. The molecule has 2 aromatic carbocycles. The van der Waals surface area contributed by atoms with E-state index in [-0.39, 0.29) is 35.5 Å². The summed E-state index contributed by atoms with van der Waals surface area (Å²) in [5.74, 6) is -1.49. The number of carbonyl (C=O) groups excluding carboxylic acids is 1. The van der Waals surface area contributed by atoms with Crippen LogP contribution in [0.25, 0.3) is 11.3 Å². The number of sulfonamides is 1. The number of carbonyl (C=O) groups is 1. The number of rotatable bonds is 9. The molecule has 2 N–H and O–H groups in total. The Balaban J connectivity index is 1.50.